The van der Waals surface area contributed by atoms with Crippen LogP contribution in [0.5, 0.6) is 5.75 Å². The van der Waals surface area contributed by atoms with Crippen molar-refractivity contribution in [2.75, 3.05) is 20.3 Å². The highest BCUT2D eigenvalue weighted by atomic mass is 35.5. The Morgan fingerprint density at radius 2 is 2.11 bits per heavy atom. The first kappa shape index (κ1) is 13.2. The van der Waals surface area contributed by atoms with Crippen LogP contribution in [-0.4, -0.2) is 20.3 Å². The van der Waals surface area contributed by atoms with Crippen LogP contribution in [0.25, 0.3) is 0 Å². The van der Waals surface area contributed by atoms with Gasteiger partial charge in [-0.3, -0.25) is 0 Å². The third kappa shape index (κ3) is 1.77. The van der Waals surface area contributed by atoms with Crippen molar-refractivity contribution >= 4 is 11.6 Å². The van der Waals surface area contributed by atoms with E-state index in [-0.39, 0.29) is 5.41 Å². The van der Waals surface area contributed by atoms with Gasteiger partial charge in [0, 0.05) is 0 Å². The first-order valence-corrected chi connectivity index (χ1v) is 6.18. The Bertz CT molecular complexity index is 501. The van der Waals surface area contributed by atoms with Gasteiger partial charge in [-0.1, -0.05) is 17.7 Å². The molecule has 1 saturated heterocycles. The van der Waals surface area contributed by atoms with Gasteiger partial charge in [0.2, 0.25) is 0 Å². The molecule has 0 radical (unpaired) electrons. The maximum atomic E-state index is 9.36. The number of nitrogens with zero attached hydrogens (tertiary/aromatic N) is 1. The minimum atomic E-state index is -0.497. The molecule has 0 atom stereocenters. The summed E-state index contributed by atoms with van der Waals surface area (Å²) in [6.07, 6.45) is 0. The molecule has 0 saturated carbocycles. The fourth-order valence-corrected chi connectivity index (χ4v) is 2.52. The molecule has 1 heterocycles. The van der Waals surface area contributed by atoms with Gasteiger partial charge in [-0.15, -0.1) is 0 Å². The molecule has 0 amide bonds. The van der Waals surface area contributed by atoms with Crippen LogP contribution in [0, 0.1) is 16.7 Å². The Balaban J connectivity index is 2.47. The molecular formula is C14H16ClNO2. The lowest BCUT2D eigenvalue weighted by Gasteiger charge is -2.49. The zero-order valence-corrected chi connectivity index (χ0v) is 11.5. The molecule has 3 nitrogen and oxygen atoms in total. The van der Waals surface area contributed by atoms with E-state index in [1.54, 1.807) is 7.11 Å². The summed E-state index contributed by atoms with van der Waals surface area (Å²) in [4.78, 5) is 0. The third-order valence-corrected chi connectivity index (χ3v) is 4.17. The van der Waals surface area contributed by atoms with E-state index >= 15 is 0 Å². The van der Waals surface area contributed by atoms with Gasteiger partial charge in [-0.2, -0.15) is 5.26 Å². The maximum Gasteiger partial charge on any atom is 0.137 e. The van der Waals surface area contributed by atoms with Gasteiger partial charge in [0.15, 0.2) is 0 Å². The monoisotopic (exact) mass is 265 g/mol. The first-order valence-electron chi connectivity index (χ1n) is 5.80. The number of hydrogen-bond acceptors (Lipinski definition) is 3. The number of rotatable bonds is 3. The fourth-order valence-electron chi connectivity index (χ4n) is 2.27. The molecule has 1 aliphatic rings. The molecule has 0 bridgehead atoms. The lowest BCUT2D eigenvalue weighted by molar-refractivity contribution is -0.102. The molecule has 2 rings (SSSR count). The number of ether oxygens (including phenoxy) is 2. The van der Waals surface area contributed by atoms with Gasteiger partial charge >= 0.3 is 0 Å². The van der Waals surface area contributed by atoms with Crippen molar-refractivity contribution in [3.05, 3.63) is 28.8 Å². The van der Waals surface area contributed by atoms with Crippen LogP contribution < -0.4 is 4.74 Å². The van der Waals surface area contributed by atoms with Gasteiger partial charge < -0.3 is 9.47 Å². The van der Waals surface area contributed by atoms with Crippen LogP contribution in [0.15, 0.2) is 18.2 Å². The second-order valence-corrected chi connectivity index (χ2v) is 5.57. The van der Waals surface area contributed by atoms with Crippen molar-refractivity contribution < 1.29 is 9.47 Å². The van der Waals surface area contributed by atoms with Gasteiger partial charge in [-0.05, 0) is 31.5 Å². The van der Waals surface area contributed by atoms with E-state index in [0.717, 1.165) is 5.56 Å². The summed E-state index contributed by atoms with van der Waals surface area (Å²) in [5.74, 6) is 0.644. The zero-order valence-electron chi connectivity index (χ0n) is 10.8. The van der Waals surface area contributed by atoms with E-state index in [2.05, 4.69) is 6.07 Å². The van der Waals surface area contributed by atoms with Gasteiger partial charge in [-0.25, -0.2) is 0 Å². The average Bonchev–Trinajstić information content (AvgIpc) is 2.27. The maximum absolute atomic E-state index is 9.36. The molecule has 1 fully saturated rings. The Hall–Kier alpha value is -1.24. The standard InChI is InChI=1S/C14H16ClNO2/c1-13(2,7-16)14(8-18-9-14)10-4-5-12(17-3)11(15)6-10/h4-6H,8-9H2,1-3H3. The van der Waals surface area contributed by atoms with E-state index in [4.69, 9.17) is 21.1 Å². The van der Waals surface area contributed by atoms with Gasteiger partial charge in [0.25, 0.3) is 0 Å². The van der Waals surface area contributed by atoms with E-state index in [1.807, 2.05) is 32.0 Å². The number of halogens is 1. The molecule has 0 aliphatic carbocycles. The Kier molecular flexibility index (Phi) is 3.27. The molecule has 1 aromatic carbocycles. The van der Waals surface area contributed by atoms with Crippen LogP contribution >= 0.6 is 11.6 Å². The van der Waals surface area contributed by atoms with Crippen LogP contribution in [0.2, 0.25) is 5.02 Å². The minimum absolute atomic E-state index is 0.280. The summed E-state index contributed by atoms with van der Waals surface area (Å²) in [6, 6.07) is 8.06. The highest BCUT2D eigenvalue weighted by molar-refractivity contribution is 6.32. The molecular weight excluding hydrogens is 250 g/mol. The Morgan fingerprint density at radius 3 is 2.50 bits per heavy atom. The van der Waals surface area contributed by atoms with Crippen molar-refractivity contribution in [2.45, 2.75) is 19.3 Å². The van der Waals surface area contributed by atoms with Crippen molar-refractivity contribution in [2.24, 2.45) is 5.41 Å². The second-order valence-electron chi connectivity index (χ2n) is 5.16. The summed E-state index contributed by atoms with van der Waals surface area (Å²) in [6.45, 7) is 4.98. The number of benzene rings is 1. The normalized spacial score (nSPS) is 17.7. The highest BCUT2D eigenvalue weighted by Gasteiger charge is 2.52. The summed E-state index contributed by atoms with van der Waals surface area (Å²) in [5, 5.41) is 9.93. The summed E-state index contributed by atoms with van der Waals surface area (Å²) in [5.41, 5.74) is 0.256. The van der Waals surface area contributed by atoms with E-state index < -0.39 is 5.41 Å². The number of methoxy groups -OCH3 is 1. The quantitative estimate of drug-likeness (QED) is 0.843. The van der Waals surface area contributed by atoms with Crippen molar-refractivity contribution in [1.82, 2.24) is 0 Å². The van der Waals surface area contributed by atoms with Crippen LogP contribution in [0.4, 0.5) is 0 Å². The average molecular weight is 266 g/mol. The predicted molar refractivity (Wildman–Crippen MR) is 69.9 cm³/mol. The molecule has 0 aromatic heterocycles. The Labute approximate surface area is 112 Å². The van der Waals surface area contributed by atoms with E-state index in [0.29, 0.717) is 24.0 Å². The molecule has 18 heavy (non-hydrogen) atoms. The highest BCUT2D eigenvalue weighted by Crippen LogP contribution is 2.48. The smallest absolute Gasteiger partial charge is 0.137 e. The van der Waals surface area contributed by atoms with Gasteiger partial charge in [0.1, 0.15) is 5.75 Å². The molecule has 0 N–H and O–H groups in total. The van der Waals surface area contributed by atoms with Crippen molar-refractivity contribution in [3.63, 3.8) is 0 Å². The van der Waals surface area contributed by atoms with E-state index in [1.165, 1.54) is 0 Å². The predicted octanol–water partition coefficient (Wildman–Crippen LogP) is 3.17. The molecule has 0 unspecified atom stereocenters. The lowest BCUT2D eigenvalue weighted by atomic mass is 9.61. The van der Waals surface area contributed by atoms with Crippen LogP contribution in [-0.2, 0) is 10.2 Å². The fraction of sp³-hybridized carbons (Fsp3) is 0.500. The zero-order chi connectivity index (χ0) is 13.4. The molecule has 1 aromatic rings. The number of hydrogen-bond donors (Lipinski definition) is 0. The first-order chi connectivity index (χ1) is 8.47. The van der Waals surface area contributed by atoms with Gasteiger partial charge in [0.05, 0.1) is 42.2 Å². The topological polar surface area (TPSA) is 42.2 Å². The molecule has 1 aliphatic heterocycles. The lowest BCUT2D eigenvalue weighted by Crippen LogP contribution is -2.56. The molecule has 0 spiro atoms. The van der Waals surface area contributed by atoms with Crippen molar-refractivity contribution in [1.29, 1.82) is 5.26 Å². The molecule has 96 valence electrons. The van der Waals surface area contributed by atoms with Crippen LogP contribution in [0.3, 0.4) is 0 Å². The van der Waals surface area contributed by atoms with Crippen LogP contribution in [0.1, 0.15) is 19.4 Å². The molecule has 4 heteroatoms. The third-order valence-electron chi connectivity index (χ3n) is 3.88. The van der Waals surface area contributed by atoms with E-state index in [9.17, 15) is 5.26 Å². The Morgan fingerprint density at radius 1 is 1.44 bits per heavy atom. The number of nitriles is 1. The SMILES string of the molecule is COc1ccc(C2(C(C)(C)C#N)COC2)cc1Cl. The summed E-state index contributed by atoms with van der Waals surface area (Å²) >= 11 is 6.16. The largest absolute Gasteiger partial charge is 0.495 e. The minimum Gasteiger partial charge on any atom is -0.495 e. The van der Waals surface area contributed by atoms with Crippen molar-refractivity contribution in [3.8, 4) is 11.8 Å². The summed E-state index contributed by atoms with van der Waals surface area (Å²) < 4.78 is 10.5. The second kappa shape index (κ2) is 4.46. The summed E-state index contributed by atoms with van der Waals surface area (Å²) in [7, 11) is 1.59.